The second-order valence-corrected chi connectivity index (χ2v) is 8.00. The number of ketones is 1. The number of aryl methyl sites for hydroxylation is 1. The Kier molecular flexibility index (Phi) is 6.39. The summed E-state index contributed by atoms with van der Waals surface area (Å²) in [6.07, 6.45) is 1.08. The molecular weight excluding hydrogens is 380 g/mol. The fourth-order valence-corrected chi connectivity index (χ4v) is 2.76. The Morgan fingerprint density at radius 3 is 2.27 bits per heavy atom. The zero-order valence-corrected chi connectivity index (χ0v) is 15.8. The van der Waals surface area contributed by atoms with E-state index in [0.29, 0.717) is 10.8 Å². The van der Waals surface area contributed by atoms with Gasteiger partial charge < -0.3 is 9.47 Å². The molecule has 0 saturated heterocycles. The minimum Gasteiger partial charge on any atom is -0.482 e. The summed E-state index contributed by atoms with van der Waals surface area (Å²) < 4.78 is 32.9. The molecule has 2 aromatic rings. The van der Waals surface area contributed by atoms with Gasteiger partial charge in [0.1, 0.15) is 5.75 Å². The van der Waals surface area contributed by atoms with E-state index in [1.165, 1.54) is 24.3 Å². The quantitative estimate of drug-likeness (QED) is 0.528. The molecule has 0 heterocycles. The van der Waals surface area contributed by atoms with Crippen molar-refractivity contribution in [3.8, 4) is 5.75 Å². The van der Waals surface area contributed by atoms with Gasteiger partial charge in [-0.25, -0.2) is 13.2 Å². The molecule has 138 valence electrons. The molecule has 8 heteroatoms. The minimum absolute atomic E-state index is 0.109. The number of hydrogen-bond donors (Lipinski definition) is 0. The summed E-state index contributed by atoms with van der Waals surface area (Å²) in [5.74, 6) is -0.675. The highest BCUT2D eigenvalue weighted by Gasteiger charge is 2.13. The lowest BCUT2D eigenvalue weighted by molar-refractivity contribution is -0.144. The number of Topliss-reactive ketones (excluding diaryl/α,β-unsaturated/α-hetero) is 1. The summed E-state index contributed by atoms with van der Waals surface area (Å²) in [6.45, 7) is 1.00. The van der Waals surface area contributed by atoms with Crippen LogP contribution in [0.1, 0.15) is 15.9 Å². The number of ether oxygens (including phenoxy) is 2. The van der Waals surface area contributed by atoms with E-state index in [4.69, 9.17) is 21.1 Å². The lowest BCUT2D eigenvalue weighted by Gasteiger charge is -2.08. The zero-order chi connectivity index (χ0) is 19.3. The summed E-state index contributed by atoms with van der Waals surface area (Å²) in [7, 11) is -3.33. The van der Waals surface area contributed by atoms with Gasteiger partial charge in [-0.05, 0) is 55.0 Å². The van der Waals surface area contributed by atoms with Crippen LogP contribution in [0.3, 0.4) is 0 Å². The summed E-state index contributed by atoms with van der Waals surface area (Å²) in [4.78, 5) is 23.8. The fourth-order valence-electron chi connectivity index (χ4n) is 2.01. The molecule has 0 aliphatic carbocycles. The van der Waals surface area contributed by atoms with E-state index in [2.05, 4.69) is 0 Å². The van der Waals surface area contributed by atoms with Crippen molar-refractivity contribution in [3.05, 3.63) is 58.6 Å². The Labute approximate surface area is 156 Å². The summed E-state index contributed by atoms with van der Waals surface area (Å²) in [6, 6.07) is 10.4. The number of hydrogen-bond acceptors (Lipinski definition) is 6. The third kappa shape index (κ3) is 5.57. The first-order valence-corrected chi connectivity index (χ1v) is 9.81. The number of sulfone groups is 1. The van der Waals surface area contributed by atoms with E-state index < -0.39 is 28.2 Å². The minimum atomic E-state index is -3.33. The van der Waals surface area contributed by atoms with Gasteiger partial charge in [0, 0.05) is 16.8 Å². The van der Waals surface area contributed by atoms with E-state index in [1.54, 1.807) is 25.1 Å². The van der Waals surface area contributed by atoms with Gasteiger partial charge in [0.15, 0.2) is 28.8 Å². The lowest BCUT2D eigenvalue weighted by Crippen LogP contribution is -2.19. The predicted octanol–water partition coefficient (Wildman–Crippen LogP) is 2.86. The van der Waals surface area contributed by atoms with Crippen molar-refractivity contribution >= 4 is 33.2 Å². The molecule has 0 fully saturated rings. The molecule has 0 saturated carbocycles. The largest absolute Gasteiger partial charge is 0.482 e. The van der Waals surface area contributed by atoms with Crippen LogP contribution < -0.4 is 4.74 Å². The molecule has 0 amide bonds. The van der Waals surface area contributed by atoms with Crippen molar-refractivity contribution in [2.75, 3.05) is 19.5 Å². The van der Waals surface area contributed by atoms with E-state index >= 15 is 0 Å². The average molecular weight is 397 g/mol. The zero-order valence-electron chi connectivity index (χ0n) is 14.2. The average Bonchev–Trinajstić information content (AvgIpc) is 2.60. The van der Waals surface area contributed by atoms with Gasteiger partial charge >= 0.3 is 5.97 Å². The summed E-state index contributed by atoms with van der Waals surface area (Å²) in [5, 5.41) is 0.590. The van der Waals surface area contributed by atoms with Crippen LogP contribution in [0.4, 0.5) is 0 Å². The number of carbonyl (C=O) groups is 2. The lowest BCUT2D eigenvalue weighted by atomic mass is 10.1. The van der Waals surface area contributed by atoms with Gasteiger partial charge in [-0.3, -0.25) is 4.79 Å². The second-order valence-electron chi connectivity index (χ2n) is 5.58. The van der Waals surface area contributed by atoms with Crippen molar-refractivity contribution in [1.29, 1.82) is 0 Å². The number of halogens is 1. The molecule has 0 aliphatic heterocycles. The van der Waals surface area contributed by atoms with Gasteiger partial charge in [-0.2, -0.15) is 0 Å². The van der Waals surface area contributed by atoms with E-state index in [9.17, 15) is 18.0 Å². The third-order valence-electron chi connectivity index (χ3n) is 3.45. The molecule has 0 N–H and O–H groups in total. The molecule has 0 radical (unpaired) electrons. The topological polar surface area (TPSA) is 86.7 Å². The first-order chi connectivity index (χ1) is 12.2. The van der Waals surface area contributed by atoms with Crippen LogP contribution in [0.2, 0.25) is 5.02 Å². The molecule has 6 nitrogen and oxygen atoms in total. The van der Waals surface area contributed by atoms with E-state index in [-0.39, 0.29) is 17.1 Å². The predicted molar refractivity (Wildman–Crippen MR) is 96.5 cm³/mol. The number of rotatable bonds is 7. The Morgan fingerprint density at radius 2 is 1.69 bits per heavy atom. The monoisotopic (exact) mass is 396 g/mol. The van der Waals surface area contributed by atoms with Crippen LogP contribution in [0.15, 0.2) is 47.4 Å². The van der Waals surface area contributed by atoms with Crippen LogP contribution in [0.5, 0.6) is 5.75 Å². The molecular formula is C18H17ClO6S. The first-order valence-electron chi connectivity index (χ1n) is 7.55. The van der Waals surface area contributed by atoms with Crippen molar-refractivity contribution < 1.29 is 27.5 Å². The fraction of sp³-hybridized carbons (Fsp3) is 0.222. The Hall–Kier alpha value is -2.38. The second kappa shape index (κ2) is 8.33. The van der Waals surface area contributed by atoms with Gasteiger partial charge in [-0.1, -0.05) is 11.6 Å². The van der Waals surface area contributed by atoms with Gasteiger partial charge in [0.2, 0.25) is 0 Å². The van der Waals surface area contributed by atoms with Gasteiger partial charge in [0.25, 0.3) is 0 Å². The van der Waals surface area contributed by atoms with Crippen molar-refractivity contribution in [2.45, 2.75) is 11.8 Å². The Morgan fingerprint density at radius 1 is 1.04 bits per heavy atom. The van der Waals surface area contributed by atoms with Gasteiger partial charge in [0.05, 0.1) is 4.90 Å². The maximum Gasteiger partial charge on any atom is 0.344 e. The Bertz CT molecular complexity index is 919. The molecule has 0 aliphatic rings. The van der Waals surface area contributed by atoms with Crippen molar-refractivity contribution in [3.63, 3.8) is 0 Å². The molecule has 0 unspecified atom stereocenters. The molecule has 2 aromatic carbocycles. The maximum atomic E-state index is 12.0. The van der Waals surface area contributed by atoms with Crippen molar-refractivity contribution in [2.24, 2.45) is 0 Å². The Balaban J connectivity index is 1.84. The van der Waals surface area contributed by atoms with E-state index in [1.807, 2.05) is 0 Å². The highest BCUT2D eigenvalue weighted by molar-refractivity contribution is 7.90. The molecule has 26 heavy (non-hydrogen) atoms. The standard InChI is InChI=1S/C18H17ClO6S/c1-12-9-14(5-8-16(12)19)24-11-18(21)25-10-17(20)13-3-6-15(7-4-13)26(2,22)23/h3-9H,10-11H2,1-2H3. The summed E-state index contributed by atoms with van der Waals surface area (Å²) in [5.41, 5.74) is 1.06. The van der Waals surface area contributed by atoms with Crippen LogP contribution in [-0.4, -0.2) is 39.6 Å². The van der Waals surface area contributed by atoms with Gasteiger partial charge in [-0.15, -0.1) is 0 Å². The maximum absolute atomic E-state index is 12.0. The molecule has 2 rings (SSSR count). The van der Waals surface area contributed by atoms with Crippen LogP contribution in [-0.2, 0) is 19.4 Å². The molecule has 0 spiro atoms. The van der Waals surface area contributed by atoms with Crippen molar-refractivity contribution in [1.82, 2.24) is 0 Å². The SMILES string of the molecule is Cc1cc(OCC(=O)OCC(=O)c2ccc(S(C)(=O)=O)cc2)ccc1Cl. The highest BCUT2D eigenvalue weighted by atomic mass is 35.5. The number of benzene rings is 2. The number of esters is 1. The van der Waals surface area contributed by atoms with E-state index in [0.717, 1.165) is 11.8 Å². The molecule has 0 aromatic heterocycles. The smallest absolute Gasteiger partial charge is 0.344 e. The first kappa shape index (κ1) is 19.9. The molecule has 0 bridgehead atoms. The number of carbonyl (C=O) groups excluding carboxylic acids is 2. The summed E-state index contributed by atoms with van der Waals surface area (Å²) >= 11 is 5.90. The third-order valence-corrected chi connectivity index (χ3v) is 5.01. The van der Waals surface area contributed by atoms with Crippen LogP contribution in [0.25, 0.3) is 0 Å². The van der Waals surface area contributed by atoms with Crippen LogP contribution >= 0.6 is 11.6 Å². The molecule has 0 atom stereocenters. The van der Waals surface area contributed by atoms with Crippen LogP contribution in [0, 0.1) is 6.92 Å². The highest BCUT2D eigenvalue weighted by Crippen LogP contribution is 2.21. The normalized spacial score (nSPS) is 11.0.